The van der Waals surface area contributed by atoms with Crippen molar-refractivity contribution in [1.29, 1.82) is 0 Å². The van der Waals surface area contributed by atoms with Crippen LogP contribution in [0.1, 0.15) is 45.4 Å². The van der Waals surface area contributed by atoms with Crippen molar-refractivity contribution in [3.63, 3.8) is 0 Å². The zero-order chi connectivity index (χ0) is 14.3. The predicted octanol–water partition coefficient (Wildman–Crippen LogP) is 2.45. The normalized spacial score (nSPS) is 20.3. The largest absolute Gasteiger partial charge is 0.356 e. The minimum atomic E-state index is 0.123. The van der Waals surface area contributed by atoms with Crippen LogP contribution < -0.4 is 5.32 Å². The SMILES string of the molecule is Cc1[nH]ncc1CCCNC(=O)C1C(C)(C)C1(C)C. The minimum Gasteiger partial charge on any atom is -0.356 e. The van der Waals surface area contributed by atoms with Gasteiger partial charge in [-0.1, -0.05) is 27.7 Å². The molecule has 0 spiro atoms. The van der Waals surface area contributed by atoms with Gasteiger partial charge in [0.25, 0.3) is 0 Å². The summed E-state index contributed by atoms with van der Waals surface area (Å²) >= 11 is 0. The molecule has 0 unspecified atom stereocenters. The first kappa shape index (κ1) is 14.1. The molecule has 0 atom stereocenters. The molecular weight excluding hydrogens is 238 g/mol. The third kappa shape index (κ3) is 2.40. The molecule has 1 saturated carbocycles. The van der Waals surface area contributed by atoms with Crippen molar-refractivity contribution < 1.29 is 4.79 Å². The zero-order valence-corrected chi connectivity index (χ0v) is 12.6. The zero-order valence-electron chi connectivity index (χ0n) is 12.6. The Bertz CT molecular complexity index is 459. The second-order valence-corrected chi connectivity index (χ2v) is 6.79. The molecule has 2 N–H and O–H groups in total. The van der Waals surface area contributed by atoms with E-state index in [9.17, 15) is 4.79 Å². The highest BCUT2D eigenvalue weighted by Gasteiger charge is 2.68. The molecule has 2 rings (SSSR count). The van der Waals surface area contributed by atoms with Crippen LogP contribution >= 0.6 is 0 Å². The summed E-state index contributed by atoms with van der Waals surface area (Å²) in [4.78, 5) is 12.1. The van der Waals surface area contributed by atoms with E-state index in [1.54, 1.807) is 0 Å². The summed E-state index contributed by atoms with van der Waals surface area (Å²) in [5, 5.41) is 10.00. The van der Waals surface area contributed by atoms with E-state index in [-0.39, 0.29) is 22.7 Å². The summed E-state index contributed by atoms with van der Waals surface area (Å²) in [6.45, 7) is 11.5. The summed E-state index contributed by atoms with van der Waals surface area (Å²) in [7, 11) is 0. The van der Waals surface area contributed by atoms with Crippen molar-refractivity contribution in [1.82, 2.24) is 15.5 Å². The van der Waals surface area contributed by atoms with Crippen molar-refractivity contribution in [2.24, 2.45) is 16.7 Å². The number of nitrogens with one attached hydrogen (secondary N) is 2. The molecule has 1 aliphatic rings. The van der Waals surface area contributed by atoms with Gasteiger partial charge in [-0.2, -0.15) is 5.10 Å². The second-order valence-electron chi connectivity index (χ2n) is 6.79. The number of carbonyl (C=O) groups excluding carboxylic acids is 1. The highest BCUT2D eigenvalue weighted by atomic mass is 16.2. The van der Waals surface area contributed by atoms with Crippen molar-refractivity contribution in [3.05, 3.63) is 17.5 Å². The van der Waals surface area contributed by atoms with Crippen LogP contribution in [0.15, 0.2) is 6.20 Å². The molecule has 1 aliphatic carbocycles. The fourth-order valence-corrected chi connectivity index (χ4v) is 3.07. The monoisotopic (exact) mass is 263 g/mol. The molecular formula is C15H25N3O. The lowest BCUT2D eigenvalue weighted by Crippen LogP contribution is -2.28. The molecule has 0 aromatic carbocycles. The van der Waals surface area contributed by atoms with Gasteiger partial charge >= 0.3 is 0 Å². The van der Waals surface area contributed by atoms with Gasteiger partial charge in [0, 0.05) is 18.2 Å². The fraction of sp³-hybridized carbons (Fsp3) is 0.733. The summed E-state index contributed by atoms with van der Waals surface area (Å²) < 4.78 is 0. The van der Waals surface area contributed by atoms with E-state index in [1.807, 2.05) is 13.1 Å². The number of hydrogen-bond acceptors (Lipinski definition) is 2. The summed E-state index contributed by atoms with van der Waals surface area (Å²) in [5.74, 6) is 0.356. The van der Waals surface area contributed by atoms with Crippen molar-refractivity contribution in [2.75, 3.05) is 6.54 Å². The maximum absolute atomic E-state index is 12.1. The molecule has 0 bridgehead atoms. The molecule has 0 radical (unpaired) electrons. The predicted molar refractivity (Wildman–Crippen MR) is 75.7 cm³/mol. The van der Waals surface area contributed by atoms with E-state index < -0.39 is 0 Å². The topological polar surface area (TPSA) is 57.8 Å². The lowest BCUT2D eigenvalue weighted by molar-refractivity contribution is -0.123. The van der Waals surface area contributed by atoms with Gasteiger partial charge in [-0.25, -0.2) is 0 Å². The molecule has 4 heteroatoms. The Balaban J connectivity index is 1.73. The Kier molecular flexibility index (Phi) is 3.45. The molecule has 1 heterocycles. The number of hydrogen-bond donors (Lipinski definition) is 2. The van der Waals surface area contributed by atoms with E-state index in [1.165, 1.54) is 5.56 Å². The molecule has 4 nitrogen and oxygen atoms in total. The van der Waals surface area contributed by atoms with Gasteiger partial charge in [-0.3, -0.25) is 9.89 Å². The molecule has 1 fully saturated rings. The Labute approximate surface area is 115 Å². The third-order valence-electron chi connectivity index (χ3n) is 5.14. The van der Waals surface area contributed by atoms with Crippen LogP contribution in [0.25, 0.3) is 0 Å². The van der Waals surface area contributed by atoms with Crippen LogP contribution in [0.2, 0.25) is 0 Å². The highest BCUT2D eigenvalue weighted by molar-refractivity contribution is 5.84. The lowest BCUT2D eigenvalue weighted by atomic mass is 10.0. The van der Waals surface area contributed by atoms with Gasteiger partial charge in [0.15, 0.2) is 0 Å². The maximum atomic E-state index is 12.1. The fourth-order valence-electron chi connectivity index (χ4n) is 3.07. The Morgan fingerprint density at radius 1 is 1.37 bits per heavy atom. The van der Waals surface area contributed by atoms with E-state index in [0.29, 0.717) is 0 Å². The number of aromatic amines is 1. The van der Waals surface area contributed by atoms with Crippen LogP contribution in [0.4, 0.5) is 0 Å². The Hall–Kier alpha value is -1.32. The molecule has 1 amide bonds. The van der Waals surface area contributed by atoms with Gasteiger partial charge in [-0.05, 0) is 36.2 Å². The van der Waals surface area contributed by atoms with Gasteiger partial charge in [0.05, 0.1) is 6.20 Å². The van der Waals surface area contributed by atoms with Gasteiger partial charge < -0.3 is 5.32 Å². The number of nitrogens with zero attached hydrogens (tertiary/aromatic N) is 1. The van der Waals surface area contributed by atoms with Crippen molar-refractivity contribution >= 4 is 5.91 Å². The van der Waals surface area contributed by atoms with E-state index in [4.69, 9.17) is 0 Å². The number of aromatic nitrogens is 2. The summed E-state index contributed by atoms with van der Waals surface area (Å²) in [6.07, 6.45) is 3.78. The van der Waals surface area contributed by atoms with Gasteiger partial charge in [0.1, 0.15) is 0 Å². The number of H-pyrrole nitrogens is 1. The van der Waals surface area contributed by atoms with Crippen LogP contribution in [0.3, 0.4) is 0 Å². The lowest BCUT2D eigenvalue weighted by Gasteiger charge is -2.06. The first-order chi connectivity index (χ1) is 8.78. The van der Waals surface area contributed by atoms with Crippen molar-refractivity contribution in [3.8, 4) is 0 Å². The molecule has 1 aromatic heterocycles. The van der Waals surface area contributed by atoms with Gasteiger partial charge in [0.2, 0.25) is 5.91 Å². The first-order valence-corrected chi connectivity index (χ1v) is 7.05. The molecule has 106 valence electrons. The van der Waals surface area contributed by atoms with Crippen LogP contribution in [0, 0.1) is 23.7 Å². The standard InChI is InChI=1S/C15H25N3O/c1-10-11(9-17-18-10)7-6-8-16-13(19)12-14(2,3)15(12,4)5/h9,12H,6-8H2,1-5H3,(H,16,19)(H,17,18). The quantitative estimate of drug-likeness (QED) is 0.802. The molecule has 0 saturated heterocycles. The number of aryl methyl sites for hydroxylation is 2. The molecule has 19 heavy (non-hydrogen) atoms. The number of amides is 1. The maximum Gasteiger partial charge on any atom is 0.224 e. The highest BCUT2D eigenvalue weighted by Crippen LogP contribution is 2.68. The average molecular weight is 263 g/mol. The Morgan fingerprint density at radius 3 is 2.47 bits per heavy atom. The van der Waals surface area contributed by atoms with E-state index in [2.05, 4.69) is 43.2 Å². The number of rotatable bonds is 5. The minimum absolute atomic E-state index is 0.123. The van der Waals surface area contributed by atoms with Gasteiger partial charge in [-0.15, -0.1) is 0 Å². The first-order valence-electron chi connectivity index (χ1n) is 7.05. The number of carbonyl (C=O) groups is 1. The third-order valence-corrected chi connectivity index (χ3v) is 5.14. The average Bonchev–Trinajstić information content (AvgIpc) is 2.62. The smallest absolute Gasteiger partial charge is 0.224 e. The van der Waals surface area contributed by atoms with E-state index >= 15 is 0 Å². The molecule has 0 aliphatic heterocycles. The van der Waals surface area contributed by atoms with Crippen LogP contribution in [0.5, 0.6) is 0 Å². The Morgan fingerprint density at radius 2 is 2.00 bits per heavy atom. The van der Waals surface area contributed by atoms with Crippen LogP contribution in [-0.4, -0.2) is 22.6 Å². The van der Waals surface area contributed by atoms with Crippen molar-refractivity contribution in [2.45, 2.75) is 47.5 Å². The summed E-state index contributed by atoms with van der Waals surface area (Å²) in [5.41, 5.74) is 2.60. The second kappa shape index (κ2) is 4.66. The summed E-state index contributed by atoms with van der Waals surface area (Å²) in [6, 6.07) is 0. The molecule has 1 aromatic rings. The van der Waals surface area contributed by atoms with E-state index in [0.717, 1.165) is 25.1 Å². The van der Waals surface area contributed by atoms with Crippen LogP contribution in [-0.2, 0) is 11.2 Å².